The molecule has 0 aliphatic rings. The standard InChI is InChI=1S/C13H19N3OS/c1-4-9(7-17)14-12-10-6-8(3)18-13(10)16-11(5-2)15-12/h6,9,17H,4-5,7H2,1-3H3,(H,14,15,16)/t9-/m1/s1. The van der Waals surface area contributed by atoms with Gasteiger partial charge in [-0.1, -0.05) is 13.8 Å². The predicted octanol–water partition coefficient (Wildman–Crippen LogP) is 2.74. The van der Waals surface area contributed by atoms with Gasteiger partial charge in [0.15, 0.2) is 0 Å². The summed E-state index contributed by atoms with van der Waals surface area (Å²) in [5.41, 5.74) is 0. The van der Waals surface area contributed by atoms with Crippen LogP contribution in [0.2, 0.25) is 0 Å². The van der Waals surface area contributed by atoms with E-state index in [4.69, 9.17) is 0 Å². The molecule has 0 saturated heterocycles. The van der Waals surface area contributed by atoms with Crippen LogP contribution in [0, 0.1) is 6.92 Å². The molecule has 18 heavy (non-hydrogen) atoms. The van der Waals surface area contributed by atoms with Crippen molar-refractivity contribution in [2.45, 2.75) is 39.7 Å². The first-order valence-corrected chi connectivity index (χ1v) is 7.14. The number of hydrogen-bond donors (Lipinski definition) is 2. The number of fused-ring (bicyclic) bond motifs is 1. The fraction of sp³-hybridized carbons (Fsp3) is 0.538. The van der Waals surface area contributed by atoms with Crippen LogP contribution >= 0.6 is 11.3 Å². The minimum atomic E-state index is 0.0491. The van der Waals surface area contributed by atoms with Gasteiger partial charge in [-0.15, -0.1) is 11.3 Å². The van der Waals surface area contributed by atoms with Gasteiger partial charge in [-0.3, -0.25) is 0 Å². The van der Waals surface area contributed by atoms with Crippen LogP contribution in [-0.2, 0) is 6.42 Å². The first-order chi connectivity index (χ1) is 8.67. The summed E-state index contributed by atoms with van der Waals surface area (Å²) in [5, 5.41) is 13.7. The highest BCUT2D eigenvalue weighted by Gasteiger charge is 2.12. The van der Waals surface area contributed by atoms with Crippen LogP contribution in [0.4, 0.5) is 5.82 Å². The molecule has 2 heterocycles. The average molecular weight is 265 g/mol. The van der Waals surface area contributed by atoms with Gasteiger partial charge in [0.05, 0.1) is 18.0 Å². The average Bonchev–Trinajstić information content (AvgIpc) is 2.75. The molecule has 5 heteroatoms. The van der Waals surface area contributed by atoms with Gasteiger partial charge in [0.2, 0.25) is 0 Å². The van der Waals surface area contributed by atoms with Crippen LogP contribution in [0.15, 0.2) is 6.07 Å². The molecule has 0 radical (unpaired) electrons. The number of nitrogens with one attached hydrogen (secondary N) is 1. The Balaban J connectivity index is 2.45. The molecule has 0 bridgehead atoms. The summed E-state index contributed by atoms with van der Waals surface area (Å²) < 4.78 is 0. The Bertz CT molecular complexity index is 534. The molecule has 0 unspecified atom stereocenters. The van der Waals surface area contributed by atoms with Crippen LogP contribution in [0.25, 0.3) is 10.2 Å². The lowest BCUT2D eigenvalue weighted by atomic mass is 10.2. The van der Waals surface area contributed by atoms with Gasteiger partial charge < -0.3 is 10.4 Å². The van der Waals surface area contributed by atoms with Crippen molar-refractivity contribution in [3.8, 4) is 0 Å². The normalized spacial score (nSPS) is 12.9. The first-order valence-electron chi connectivity index (χ1n) is 6.32. The van der Waals surface area contributed by atoms with E-state index in [1.807, 2.05) is 6.92 Å². The maximum atomic E-state index is 9.29. The van der Waals surface area contributed by atoms with Crippen molar-refractivity contribution in [1.82, 2.24) is 9.97 Å². The van der Waals surface area contributed by atoms with Crippen molar-refractivity contribution < 1.29 is 5.11 Å². The van der Waals surface area contributed by atoms with Gasteiger partial charge in [0.1, 0.15) is 16.5 Å². The maximum absolute atomic E-state index is 9.29. The van der Waals surface area contributed by atoms with E-state index < -0.39 is 0 Å². The summed E-state index contributed by atoms with van der Waals surface area (Å²) in [6, 6.07) is 2.15. The molecule has 0 amide bonds. The summed E-state index contributed by atoms with van der Waals surface area (Å²) >= 11 is 1.68. The summed E-state index contributed by atoms with van der Waals surface area (Å²) in [6.07, 6.45) is 1.68. The molecule has 2 aromatic rings. The van der Waals surface area contributed by atoms with Gasteiger partial charge in [-0.05, 0) is 19.4 Å². The van der Waals surface area contributed by atoms with Crippen LogP contribution < -0.4 is 5.32 Å². The minimum Gasteiger partial charge on any atom is -0.394 e. The maximum Gasteiger partial charge on any atom is 0.138 e. The summed E-state index contributed by atoms with van der Waals surface area (Å²) in [6.45, 7) is 6.29. The fourth-order valence-electron chi connectivity index (χ4n) is 1.82. The Morgan fingerprint density at radius 1 is 1.39 bits per heavy atom. The number of rotatable bonds is 5. The Kier molecular flexibility index (Phi) is 4.14. The zero-order chi connectivity index (χ0) is 13.1. The topological polar surface area (TPSA) is 58.0 Å². The van der Waals surface area contributed by atoms with E-state index in [1.165, 1.54) is 4.88 Å². The molecule has 4 nitrogen and oxygen atoms in total. The van der Waals surface area contributed by atoms with Crippen molar-refractivity contribution in [1.29, 1.82) is 0 Å². The lowest BCUT2D eigenvalue weighted by molar-refractivity contribution is 0.271. The Morgan fingerprint density at radius 2 is 2.17 bits per heavy atom. The van der Waals surface area contributed by atoms with E-state index in [-0.39, 0.29) is 12.6 Å². The number of aliphatic hydroxyl groups is 1. The Hall–Kier alpha value is -1.20. The third-order valence-corrected chi connectivity index (χ3v) is 3.88. The van der Waals surface area contributed by atoms with Gasteiger partial charge in [0, 0.05) is 11.3 Å². The summed E-state index contributed by atoms with van der Waals surface area (Å²) in [7, 11) is 0. The lowest BCUT2D eigenvalue weighted by Gasteiger charge is -2.15. The number of aromatic nitrogens is 2. The van der Waals surface area contributed by atoms with E-state index in [2.05, 4.69) is 35.2 Å². The van der Waals surface area contributed by atoms with E-state index in [0.29, 0.717) is 0 Å². The molecular formula is C13H19N3OS. The van der Waals surface area contributed by atoms with Crippen LogP contribution in [-0.4, -0.2) is 27.7 Å². The van der Waals surface area contributed by atoms with Crippen molar-refractivity contribution in [2.75, 3.05) is 11.9 Å². The summed E-state index contributed by atoms with van der Waals surface area (Å²) in [5.74, 6) is 1.70. The zero-order valence-corrected chi connectivity index (χ0v) is 11.8. The van der Waals surface area contributed by atoms with E-state index in [0.717, 1.165) is 34.7 Å². The predicted molar refractivity (Wildman–Crippen MR) is 76.3 cm³/mol. The quantitative estimate of drug-likeness (QED) is 0.872. The lowest BCUT2D eigenvalue weighted by Crippen LogP contribution is -2.23. The molecule has 0 fully saturated rings. The van der Waals surface area contributed by atoms with E-state index in [1.54, 1.807) is 11.3 Å². The zero-order valence-electron chi connectivity index (χ0n) is 11.0. The number of anilines is 1. The molecule has 2 rings (SSSR count). The van der Waals surface area contributed by atoms with Crippen molar-refractivity contribution >= 4 is 27.4 Å². The molecule has 2 N–H and O–H groups in total. The fourth-order valence-corrected chi connectivity index (χ4v) is 2.72. The summed E-state index contributed by atoms with van der Waals surface area (Å²) in [4.78, 5) is 11.3. The number of thiophene rings is 1. The molecular weight excluding hydrogens is 246 g/mol. The van der Waals surface area contributed by atoms with Crippen molar-refractivity contribution in [3.63, 3.8) is 0 Å². The highest BCUT2D eigenvalue weighted by Crippen LogP contribution is 2.29. The molecule has 1 atom stereocenters. The molecule has 0 aromatic carbocycles. The number of hydrogen-bond acceptors (Lipinski definition) is 5. The third-order valence-electron chi connectivity index (χ3n) is 2.93. The SMILES string of the molecule is CCc1nc(N[C@H](CC)CO)c2cc(C)sc2n1. The van der Waals surface area contributed by atoms with E-state index in [9.17, 15) is 5.11 Å². The van der Waals surface area contributed by atoms with Gasteiger partial charge in [0.25, 0.3) is 0 Å². The molecule has 0 saturated carbocycles. The van der Waals surface area contributed by atoms with Crippen molar-refractivity contribution in [2.24, 2.45) is 0 Å². The number of aryl methyl sites for hydroxylation is 2. The second-order valence-corrected chi connectivity index (χ2v) is 5.58. The van der Waals surface area contributed by atoms with Crippen LogP contribution in [0.3, 0.4) is 0 Å². The van der Waals surface area contributed by atoms with Gasteiger partial charge in [-0.2, -0.15) is 0 Å². The Labute approximate surface area is 111 Å². The number of aliphatic hydroxyl groups excluding tert-OH is 1. The largest absolute Gasteiger partial charge is 0.394 e. The molecule has 0 spiro atoms. The smallest absolute Gasteiger partial charge is 0.138 e. The molecule has 2 aromatic heterocycles. The van der Waals surface area contributed by atoms with Gasteiger partial charge in [-0.25, -0.2) is 9.97 Å². The monoisotopic (exact) mass is 265 g/mol. The molecule has 0 aliphatic heterocycles. The van der Waals surface area contributed by atoms with Crippen LogP contribution in [0.5, 0.6) is 0 Å². The first kappa shape index (κ1) is 13.2. The highest BCUT2D eigenvalue weighted by molar-refractivity contribution is 7.18. The van der Waals surface area contributed by atoms with Gasteiger partial charge >= 0.3 is 0 Å². The van der Waals surface area contributed by atoms with E-state index >= 15 is 0 Å². The number of nitrogens with zero attached hydrogens (tertiary/aromatic N) is 2. The highest BCUT2D eigenvalue weighted by atomic mass is 32.1. The minimum absolute atomic E-state index is 0.0491. The molecule has 98 valence electrons. The van der Waals surface area contributed by atoms with Crippen molar-refractivity contribution in [3.05, 3.63) is 16.8 Å². The second kappa shape index (κ2) is 5.63. The molecule has 0 aliphatic carbocycles. The Morgan fingerprint density at radius 3 is 2.78 bits per heavy atom. The third kappa shape index (κ3) is 2.62. The van der Waals surface area contributed by atoms with Crippen LogP contribution in [0.1, 0.15) is 31.0 Å². The second-order valence-electron chi connectivity index (χ2n) is 4.35.